The van der Waals surface area contributed by atoms with Crippen LogP contribution in [0.4, 0.5) is 0 Å². The van der Waals surface area contributed by atoms with Crippen molar-refractivity contribution in [2.45, 2.75) is 11.2 Å². The van der Waals surface area contributed by atoms with Gasteiger partial charge in [-0.1, -0.05) is 15.9 Å². The van der Waals surface area contributed by atoms with Gasteiger partial charge in [0.1, 0.15) is 6.33 Å². The zero-order valence-electron chi connectivity index (χ0n) is 9.36. The first-order valence-electron chi connectivity index (χ1n) is 5.04. The standard InChI is InChI=1S/C11H9Br3N2OS/c1-17-10-3-6(15-5-16-10)2-7(12)9-4-8(13)11(14)18-9/h3-5,7H,2H2,1H3. The third-order valence-corrected chi connectivity index (χ3v) is 6.76. The zero-order chi connectivity index (χ0) is 13.1. The van der Waals surface area contributed by atoms with Crippen molar-refractivity contribution in [3.8, 4) is 5.88 Å². The molecule has 0 amide bonds. The summed E-state index contributed by atoms with van der Waals surface area (Å²) in [4.78, 5) is 9.71. The Morgan fingerprint density at radius 1 is 1.33 bits per heavy atom. The van der Waals surface area contributed by atoms with Crippen LogP contribution in [0.25, 0.3) is 0 Å². The quantitative estimate of drug-likeness (QED) is 0.623. The van der Waals surface area contributed by atoms with Crippen LogP contribution in [-0.2, 0) is 6.42 Å². The molecule has 0 saturated carbocycles. The van der Waals surface area contributed by atoms with Crippen LogP contribution in [0.1, 0.15) is 15.4 Å². The maximum atomic E-state index is 5.09. The van der Waals surface area contributed by atoms with Crippen molar-refractivity contribution in [1.82, 2.24) is 9.97 Å². The number of methoxy groups -OCH3 is 1. The predicted molar refractivity (Wildman–Crippen MR) is 83.7 cm³/mol. The zero-order valence-corrected chi connectivity index (χ0v) is 14.9. The smallest absolute Gasteiger partial charge is 0.216 e. The van der Waals surface area contributed by atoms with Gasteiger partial charge in [0.05, 0.1) is 15.7 Å². The minimum atomic E-state index is 0.227. The molecular formula is C11H9Br3N2OS. The minimum absolute atomic E-state index is 0.227. The van der Waals surface area contributed by atoms with Gasteiger partial charge in [-0.25, -0.2) is 9.97 Å². The monoisotopic (exact) mass is 454 g/mol. The van der Waals surface area contributed by atoms with E-state index in [1.807, 2.05) is 6.07 Å². The molecule has 7 heteroatoms. The van der Waals surface area contributed by atoms with Crippen LogP contribution in [0.2, 0.25) is 0 Å². The molecule has 0 radical (unpaired) electrons. The molecule has 1 unspecified atom stereocenters. The SMILES string of the molecule is COc1cc(CC(Br)c2cc(Br)c(Br)s2)ncn1. The summed E-state index contributed by atoms with van der Waals surface area (Å²) in [5.41, 5.74) is 0.948. The van der Waals surface area contributed by atoms with Gasteiger partial charge in [0.25, 0.3) is 0 Å². The second kappa shape index (κ2) is 6.45. The molecule has 0 aliphatic carbocycles. The van der Waals surface area contributed by atoms with Crippen molar-refractivity contribution < 1.29 is 4.74 Å². The number of hydrogen-bond donors (Lipinski definition) is 0. The van der Waals surface area contributed by atoms with Crippen molar-refractivity contribution in [3.63, 3.8) is 0 Å². The van der Waals surface area contributed by atoms with Gasteiger partial charge in [-0.3, -0.25) is 0 Å². The van der Waals surface area contributed by atoms with Crippen molar-refractivity contribution in [1.29, 1.82) is 0 Å². The largest absolute Gasteiger partial charge is 0.481 e. The van der Waals surface area contributed by atoms with E-state index in [4.69, 9.17) is 4.74 Å². The Balaban J connectivity index is 2.13. The van der Waals surface area contributed by atoms with Crippen LogP contribution in [0.5, 0.6) is 5.88 Å². The first-order chi connectivity index (χ1) is 8.60. The van der Waals surface area contributed by atoms with Crippen LogP contribution in [0, 0.1) is 0 Å². The molecule has 0 saturated heterocycles. The summed E-state index contributed by atoms with van der Waals surface area (Å²) >= 11 is 12.4. The number of rotatable bonds is 4. The van der Waals surface area contributed by atoms with Crippen LogP contribution >= 0.6 is 59.1 Å². The van der Waals surface area contributed by atoms with Gasteiger partial charge in [0.2, 0.25) is 5.88 Å². The summed E-state index contributed by atoms with van der Waals surface area (Å²) < 4.78 is 7.26. The Bertz CT molecular complexity index is 527. The highest BCUT2D eigenvalue weighted by atomic mass is 79.9. The lowest BCUT2D eigenvalue weighted by Crippen LogP contribution is -1.98. The minimum Gasteiger partial charge on any atom is -0.481 e. The fourth-order valence-electron chi connectivity index (χ4n) is 1.40. The molecule has 2 heterocycles. The van der Waals surface area contributed by atoms with E-state index in [1.165, 1.54) is 11.2 Å². The molecule has 1 atom stereocenters. The van der Waals surface area contributed by atoms with Crippen molar-refractivity contribution in [3.05, 3.63) is 37.3 Å². The number of aromatic nitrogens is 2. The van der Waals surface area contributed by atoms with Crippen molar-refractivity contribution >= 4 is 59.1 Å². The van der Waals surface area contributed by atoms with Gasteiger partial charge in [-0.15, -0.1) is 11.3 Å². The lowest BCUT2D eigenvalue weighted by atomic mass is 10.2. The molecule has 2 aromatic rings. The van der Waals surface area contributed by atoms with E-state index in [-0.39, 0.29) is 4.83 Å². The van der Waals surface area contributed by atoms with E-state index < -0.39 is 0 Å². The Kier molecular flexibility index (Phi) is 5.17. The topological polar surface area (TPSA) is 35.0 Å². The molecule has 2 rings (SSSR count). The van der Waals surface area contributed by atoms with Gasteiger partial charge < -0.3 is 4.74 Å². The van der Waals surface area contributed by atoms with Crippen LogP contribution in [0.15, 0.2) is 26.7 Å². The summed E-state index contributed by atoms with van der Waals surface area (Å²) in [5, 5.41) is 0. The van der Waals surface area contributed by atoms with Crippen LogP contribution in [-0.4, -0.2) is 17.1 Å². The number of thiophene rings is 1. The Labute approximate surface area is 134 Å². The Morgan fingerprint density at radius 3 is 2.72 bits per heavy atom. The fraction of sp³-hybridized carbons (Fsp3) is 0.273. The number of alkyl halides is 1. The van der Waals surface area contributed by atoms with E-state index in [0.29, 0.717) is 5.88 Å². The van der Waals surface area contributed by atoms with E-state index in [1.54, 1.807) is 18.4 Å². The molecule has 0 aliphatic heterocycles. The number of ether oxygens (including phenoxy) is 1. The second-order valence-corrected chi connectivity index (χ2v) is 7.86. The van der Waals surface area contributed by atoms with E-state index in [9.17, 15) is 0 Å². The maximum absolute atomic E-state index is 5.09. The molecule has 0 spiro atoms. The van der Waals surface area contributed by atoms with Gasteiger partial charge in [0.15, 0.2) is 0 Å². The maximum Gasteiger partial charge on any atom is 0.216 e. The number of hydrogen-bond acceptors (Lipinski definition) is 4. The van der Waals surface area contributed by atoms with Gasteiger partial charge in [-0.05, 0) is 37.9 Å². The molecule has 0 aromatic carbocycles. The van der Waals surface area contributed by atoms with E-state index >= 15 is 0 Å². The first kappa shape index (κ1) is 14.4. The average molecular weight is 457 g/mol. The van der Waals surface area contributed by atoms with Gasteiger partial charge in [-0.2, -0.15) is 0 Å². The van der Waals surface area contributed by atoms with Crippen molar-refractivity contribution in [2.75, 3.05) is 7.11 Å². The normalized spacial score (nSPS) is 12.4. The third kappa shape index (κ3) is 3.53. The Hall–Kier alpha value is 0.0200. The summed E-state index contributed by atoms with van der Waals surface area (Å²) in [7, 11) is 1.60. The highest BCUT2D eigenvalue weighted by molar-refractivity contribution is 9.13. The number of nitrogens with zero attached hydrogens (tertiary/aromatic N) is 2. The van der Waals surface area contributed by atoms with Crippen LogP contribution < -0.4 is 4.74 Å². The predicted octanol–water partition coefficient (Wildman–Crippen LogP) is 4.75. The summed E-state index contributed by atoms with van der Waals surface area (Å²) in [5.74, 6) is 0.591. The van der Waals surface area contributed by atoms with E-state index in [0.717, 1.165) is 20.4 Å². The molecule has 18 heavy (non-hydrogen) atoms. The van der Waals surface area contributed by atoms with Crippen molar-refractivity contribution in [2.24, 2.45) is 0 Å². The molecule has 3 nitrogen and oxygen atoms in total. The number of halogens is 3. The second-order valence-electron chi connectivity index (χ2n) is 3.49. The van der Waals surface area contributed by atoms with E-state index in [2.05, 4.69) is 63.8 Å². The average Bonchev–Trinajstić information content (AvgIpc) is 2.70. The highest BCUT2D eigenvalue weighted by Crippen LogP contribution is 2.39. The molecule has 2 aromatic heterocycles. The lowest BCUT2D eigenvalue weighted by molar-refractivity contribution is 0.396. The lowest BCUT2D eigenvalue weighted by Gasteiger charge is -2.07. The molecule has 0 fully saturated rings. The molecule has 0 bridgehead atoms. The summed E-state index contributed by atoms with van der Waals surface area (Å²) in [6.07, 6.45) is 2.31. The molecule has 0 aliphatic rings. The fourth-order valence-corrected chi connectivity index (χ4v) is 4.21. The van der Waals surface area contributed by atoms with Gasteiger partial charge in [0, 0.05) is 27.5 Å². The van der Waals surface area contributed by atoms with Gasteiger partial charge >= 0.3 is 0 Å². The van der Waals surface area contributed by atoms with Crippen LogP contribution in [0.3, 0.4) is 0 Å². The summed E-state index contributed by atoms with van der Waals surface area (Å²) in [6, 6.07) is 3.96. The molecule has 96 valence electrons. The first-order valence-corrected chi connectivity index (χ1v) is 8.35. The molecule has 0 N–H and O–H groups in total. The highest BCUT2D eigenvalue weighted by Gasteiger charge is 2.14. The third-order valence-electron chi connectivity index (χ3n) is 2.27. The summed E-state index contributed by atoms with van der Waals surface area (Å²) in [6.45, 7) is 0. The molecular weight excluding hydrogens is 448 g/mol. The Morgan fingerprint density at radius 2 is 2.11 bits per heavy atom.